The van der Waals surface area contributed by atoms with Gasteiger partial charge in [0.15, 0.2) is 0 Å². The molecule has 0 aromatic heterocycles. The van der Waals surface area contributed by atoms with Gasteiger partial charge in [-0.15, -0.1) is 0 Å². The second kappa shape index (κ2) is 5.11. The summed E-state index contributed by atoms with van der Waals surface area (Å²) in [7, 11) is 0. The van der Waals surface area contributed by atoms with Gasteiger partial charge in [-0.1, -0.05) is 13.8 Å². The summed E-state index contributed by atoms with van der Waals surface area (Å²) in [5.74, 6) is -0.839. The second-order valence-electron chi connectivity index (χ2n) is 3.36. The maximum Gasteiger partial charge on any atom is 0.306 e. The Morgan fingerprint density at radius 3 is 2.08 bits per heavy atom. The summed E-state index contributed by atoms with van der Waals surface area (Å²) in [5, 5.41) is 26.6. The van der Waals surface area contributed by atoms with Gasteiger partial charge in [-0.05, 0) is 12.3 Å². The molecular formula is C8H16O4. The first kappa shape index (κ1) is 11.4. The predicted molar refractivity (Wildman–Crippen MR) is 43.7 cm³/mol. The summed E-state index contributed by atoms with van der Waals surface area (Å²) in [5.41, 5.74) is 0. The van der Waals surface area contributed by atoms with Crippen LogP contribution in [0.4, 0.5) is 0 Å². The Kier molecular flexibility index (Phi) is 4.85. The van der Waals surface area contributed by atoms with E-state index < -0.39 is 24.6 Å². The van der Waals surface area contributed by atoms with E-state index in [2.05, 4.69) is 0 Å². The molecule has 0 amide bonds. The lowest BCUT2D eigenvalue weighted by atomic mass is 10.0. The Labute approximate surface area is 71.8 Å². The van der Waals surface area contributed by atoms with Crippen LogP contribution in [-0.2, 0) is 4.79 Å². The van der Waals surface area contributed by atoms with Crippen LogP contribution in [0.5, 0.6) is 0 Å². The van der Waals surface area contributed by atoms with Crippen molar-refractivity contribution in [1.29, 1.82) is 0 Å². The topological polar surface area (TPSA) is 77.8 Å². The maximum atomic E-state index is 10.1. The van der Waals surface area contributed by atoms with Crippen molar-refractivity contribution in [1.82, 2.24) is 0 Å². The number of aliphatic hydroxyl groups excluding tert-OH is 2. The zero-order valence-corrected chi connectivity index (χ0v) is 7.40. The van der Waals surface area contributed by atoms with Gasteiger partial charge in [-0.2, -0.15) is 0 Å². The van der Waals surface area contributed by atoms with Gasteiger partial charge in [0.25, 0.3) is 0 Å². The van der Waals surface area contributed by atoms with Gasteiger partial charge in [0, 0.05) is 0 Å². The van der Waals surface area contributed by atoms with Crippen LogP contribution >= 0.6 is 0 Å². The molecule has 3 N–H and O–H groups in total. The van der Waals surface area contributed by atoms with Gasteiger partial charge in [-0.3, -0.25) is 4.79 Å². The second-order valence-corrected chi connectivity index (χ2v) is 3.36. The fourth-order valence-corrected chi connectivity index (χ4v) is 0.955. The highest BCUT2D eigenvalue weighted by Crippen LogP contribution is 2.10. The minimum absolute atomic E-state index is 0.253. The Hall–Kier alpha value is -0.610. The van der Waals surface area contributed by atoms with Crippen molar-refractivity contribution in [2.75, 3.05) is 0 Å². The minimum Gasteiger partial charge on any atom is -0.481 e. The molecular weight excluding hydrogens is 160 g/mol. The molecule has 0 spiro atoms. The number of aliphatic hydroxyl groups is 2. The normalized spacial score (nSPS) is 16.1. The lowest BCUT2D eigenvalue weighted by Crippen LogP contribution is -2.29. The van der Waals surface area contributed by atoms with E-state index >= 15 is 0 Å². The zero-order valence-electron chi connectivity index (χ0n) is 7.40. The molecule has 0 heterocycles. The number of hydrogen-bond acceptors (Lipinski definition) is 3. The molecule has 72 valence electrons. The quantitative estimate of drug-likeness (QED) is 0.560. The number of aliphatic carboxylic acids is 1. The molecule has 0 bridgehead atoms. The van der Waals surface area contributed by atoms with Gasteiger partial charge in [0.1, 0.15) is 0 Å². The highest BCUT2D eigenvalue weighted by atomic mass is 16.4. The van der Waals surface area contributed by atoms with Crippen molar-refractivity contribution in [2.24, 2.45) is 5.92 Å². The van der Waals surface area contributed by atoms with Gasteiger partial charge < -0.3 is 15.3 Å². The van der Waals surface area contributed by atoms with E-state index in [1.165, 1.54) is 0 Å². The number of rotatable bonds is 5. The SMILES string of the molecule is CC(C)CC(O)C(O)CC(=O)O. The van der Waals surface area contributed by atoms with Crippen LogP contribution in [0.1, 0.15) is 26.7 Å². The number of carbonyl (C=O) groups is 1. The van der Waals surface area contributed by atoms with Gasteiger partial charge in [0.05, 0.1) is 18.6 Å². The molecule has 0 rings (SSSR count). The van der Waals surface area contributed by atoms with Crippen molar-refractivity contribution in [3.63, 3.8) is 0 Å². The standard InChI is InChI=1S/C8H16O4/c1-5(2)3-6(9)7(10)4-8(11)12/h5-7,9-10H,3-4H2,1-2H3,(H,11,12). The summed E-state index contributed by atoms with van der Waals surface area (Å²) in [4.78, 5) is 10.1. The highest BCUT2D eigenvalue weighted by Gasteiger charge is 2.19. The first-order valence-corrected chi connectivity index (χ1v) is 4.01. The minimum atomic E-state index is -1.15. The Morgan fingerprint density at radius 1 is 1.25 bits per heavy atom. The molecule has 4 heteroatoms. The Morgan fingerprint density at radius 2 is 1.75 bits per heavy atom. The monoisotopic (exact) mass is 176 g/mol. The van der Waals surface area contributed by atoms with Gasteiger partial charge in [0.2, 0.25) is 0 Å². The zero-order chi connectivity index (χ0) is 9.72. The third-order valence-corrected chi connectivity index (χ3v) is 1.54. The summed E-state index contributed by atoms with van der Waals surface area (Å²) in [6.07, 6.45) is -2.05. The van der Waals surface area contributed by atoms with E-state index in [9.17, 15) is 9.90 Å². The van der Waals surface area contributed by atoms with E-state index in [0.29, 0.717) is 6.42 Å². The third kappa shape index (κ3) is 5.09. The molecule has 0 aliphatic rings. The molecule has 0 saturated heterocycles. The maximum absolute atomic E-state index is 10.1. The summed E-state index contributed by atoms with van der Waals surface area (Å²) in [6.45, 7) is 3.80. The van der Waals surface area contributed by atoms with Crippen LogP contribution in [0, 0.1) is 5.92 Å². The lowest BCUT2D eigenvalue weighted by Gasteiger charge is -2.17. The van der Waals surface area contributed by atoms with Crippen molar-refractivity contribution in [3.05, 3.63) is 0 Å². The summed E-state index contributed by atoms with van der Waals surface area (Å²) < 4.78 is 0. The fraction of sp³-hybridized carbons (Fsp3) is 0.875. The molecule has 12 heavy (non-hydrogen) atoms. The molecule has 2 atom stereocenters. The first-order valence-electron chi connectivity index (χ1n) is 4.01. The number of carboxylic acid groups (broad SMARTS) is 1. The molecule has 4 nitrogen and oxygen atoms in total. The third-order valence-electron chi connectivity index (χ3n) is 1.54. The lowest BCUT2D eigenvalue weighted by molar-refractivity contribution is -0.141. The van der Waals surface area contributed by atoms with E-state index in [1.54, 1.807) is 0 Å². The molecule has 0 aromatic rings. The van der Waals surface area contributed by atoms with Crippen LogP contribution in [0.3, 0.4) is 0 Å². The molecule has 0 aromatic carbocycles. The number of hydrogen-bond donors (Lipinski definition) is 3. The molecule has 0 saturated carbocycles. The fourth-order valence-electron chi connectivity index (χ4n) is 0.955. The smallest absolute Gasteiger partial charge is 0.306 e. The molecule has 0 radical (unpaired) electrons. The highest BCUT2D eigenvalue weighted by molar-refractivity contribution is 5.67. The Bertz CT molecular complexity index is 144. The molecule has 0 fully saturated rings. The first-order chi connectivity index (χ1) is 5.43. The van der Waals surface area contributed by atoms with Gasteiger partial charge in [-0.25, -0.2) is 0 Å². The largest absolute Gasteiger partial charge is 0.481 e. The molecule has 2 unspecified atom stereocenters. The van der Waals surface area contributed by atoms with Crippen LogP contribution in [-0.4, -0.2) is 33.5 Å². The van der Waals surface area contributed by atoms with Crippen LogP contribution in [0.2, 0.25) is 0 Å². The average Bonchev–Trinajstić information content (AvgIpc) is 1.84. The van der Waals surface area contributed by atoms with E-state index in [-0.39, 0.29) is 5.92 Å². The Balaban J connectivity index is 3.76. The van der Waals surface area contributed by atoms with Crippen molar-refractivity contribution >= 4 is 5.97 Å². The summed E-state index contributed by atoms with van der Waals surface area (Å²) >= 11 is 0. The van der Waals surface area contributed by atoms with Crippen LogP contribution in [0.15, 0.2) is 0 Å². The van der Waals surface area contributed by atoms with Crippen LogP contribution in [0.25, 0.3) is 0 Å². The van der Waals surface area contributed by atoms with E-state index in [4.69, 9.17) is 10.2 Å². The van der Waals surface area contributed by atoms with E-state index in [1.807, 2.05) is 13.8 Å². The predicted octanol–water partition coefficient (Wildman–Crippen LogP) is 0.229. The van der Waals surface area contributed by atoms with E-state index in [0.717, 1.165) is 0 Å². The molecule has 0 aliphatic carbocycles. The van der Waals surface area contributed by atoms with Crippen LogP contribution < -0.4 is 0 Å². The molecule has 0 aliphatic heterocycles. The van der Waals surface area contributed by atoms with Gasteiger partial charge >= 0.3 is 5.97 Å². The van der Waals surface area contributed by atoms with Crippen molar-refractivity contribution < 1.29 is 20.1 Å². The van der Waals surface area contributed by atoms with Crippen molar-refractivity contribution in [2.45, 2.75) is 38.9 Å². The summed E-state index contributed by atoms with van der Waals surface area (Å²) in [6, 6.07) is 0. The van der Waals surface area contributed by atoms with Crippen molar-refractivity contribution in [3.8, 4) is 0 Å². The number of carboxylic acids is 1. The average molecular weight is 176 g/mol.